The summed E-state index contributed by atoms with van der Waals surface area (Å²) in [5.41, 5.74) is -0.264. The van der Waals surface area contributed by atoms with Crippen molar-refractivity contribution in [3.05, 3.63) is 0 Å². The van der Waals surface area contributed by atoms with E-state index in [4.69, 9.17) is 9.47 Å². The van der Waals surface area contributed by atoms with Crippen molar-refractivity contribution >= 4 is 0 Å². The summed E-state index contributed by atoms with van der Waals surface area (Å²) in [5.74, 6) is 0. The summed E-state index contributed by atoms with van der Waals surface area (Å²) in [5, 5.41) is 12.7. The number of rotatable bonds is 10. The van der Waals surface area contributed by atoms with E-state index in [-0.39, 0.29) is 24.4 Å². The fourth-order valence-corrected chi connectivity index (χ4v) is 2.02. The van der Waals surface area contributed by atoms with Crippen LogP contribution in [0.1, 0.15) is 41.0 Å². The molecule has 0 bridgehead atoms. The van der Waals surface area contributed by atoms with Gasteiger partial charge in [-0.3, -0.25) is 0 Å². The number of likely N-dealkylation sites (N-methyl/N-ethyl adjacent to an activating group) is 1. The van der Waals surface area contributed by atoms with E-state index < -0.39 is 0 Å². The first kappa shape index (κ1) is 16.8. The maximum Gasteiger partial charge on any atom is 0.0784 e. The first-order valence-electron chi connectivity index (χ1n) is 6.56. The van der Waals surface area contributed by atoms with Gasteiger partial charge in [0.15, 0.2) is 0 Å². The lowest BCUT2D eigenvalue weighted by Crippen LogP contribution is -2.48. The second-order valence-corrected chi connectivity index (χ2v) is 4.87. The summed E-state index contributed by atoms with van der Waals surface area (Å²) in [7, 11) is 0. The summed E-state index contributed by atoms with van der Waals surface area (Å²) in [6.45, 7) is 12.4. The molecule has 0 radical (unpaired) electrons. The van der Waals surface area contributed by atoms with Crippen LogP contribution in [-0.2, 0) is 9.47 Å². The number of ether oxygens (including phenoxy) is 2. The van der Waals surface area contributed by atoms with Crippen LogP contribution in [0.4, 0.5) is 0 Å². The average Bonchev–Trinajstić information content (AvgIpc) is 2.26. The van der Waals surface area contributed by atoms with Gasteiger partial charge in [0.05, 0.1) is 25.4 Å². The lowest BCUT2D eigenvalue weighted by molar-refractivity contribution is -0.0530. The van der Waals surface area contributed by atoms with Gasteiger partial charge < -0.3 is 19.9 Å². The van der Waals surface area contributed by atoms with Crippen LogP contribution in [0.3, 0.4) is 0 Å². The Morgan fingerprint density at radius 2 is 1.88 bits per heavy atom. The predicted molar refractivity (Wildman–Crippen MR) is 70.3 cm³/mol. The van der Waals surface area contributed by atoms with Crippen LogP contribution in [0.5, 0.6) is 0 Å². The molecule has 104 valence electrons. The molecular weight excluding hydrogens is 218 g/mol. The van der Waals surface area contributed by atoms with E-state index in [0.29, 0.717) is 13.2 Å². The molecule has 0 heterocycles. The topological polar surface area (TPSA) is 50.7 Å². The number of nitrogens with one attached hydrogen (secondary N) is 1. The SMILES string of the molecule is CCNC(C)(CO)CC(C)OC(C)COCC. The van der Waals surface area contributed by atoms with Crippen molar-refractivity contribution < 1.29 is 14.6 Å². The molecule has 2 N–H and O–H groups in total. The quantitative estimate of drug-likeness (QED) is 0.615. The molecule has 0 aliphatic heterocycles. The van der Waals surface area contributed by atoms with E-state index in [2.05, 4.69) is 5.32 Å². The normalized spacial score (nSPS) is 18.7. The summed E-state index contributed by atoms with van der Waals surface area (Å²) in [6.07, 6.45) is 0.976. The smallest absolute Gasteiger partial charge is 0.0784 e. The molecule has 3 atom stereocenters. The molecule has 0 fully saturated rings. The van der Waals surface area contributed by atoms with Gasteiger partial charge in [0.25, 0.3) is 0 Å². The van der Waals surface area contributed by atoms with Gasteiger partial charge in [0.1, 0.15) is 0 Å². The van der Waals surface area contributed by atoms with Crippen LogP contribution >= 0.6 is 0 Å². The van der Waals surface area contributed by atoms with E-state index in [1.165, 1.54) is 0 Å². The Hall–Kier alpha value is -0.160. The van der Waals surface area contributed by atoms with Gasteiger partial charge in [-0.1, -0.05) is 6.92 Å². The molecular formula is C13H29NO3. The fraction of sp³-hybridized carbons (Fsp3) is 1.00. The molecule has 17 heavy (non-hydrogen) atoms. The maximum atomic E-state index is 9.40. The van der Waals surface area contributed by atoms with Crippen molar-refractivity contribution in [3.63, 3.8) is 0 Å². The molecule has 0 aliphatic carbocycles. The monoisotopic (exact) mass is 247 g/mol. The molecule has 0 aromatic heterocycles. The van der Waals surface area contributed by atoms with Crippen molar-refractivity contribution in [1.82, 2.24) is 5.32 Å². The van der Waals surface area contributed by atoms with E-state index >= 15 is 0 Å². The average molecular weight is 247 g/mol. The van der Waals surface area contributed by atoms with Gasteiger partial charge in [0, 0.05) is 12.1 Å². The first-order chi connectivity index (χ1) is 7.97. The fourth-order valence-electron chi connectivity index (χ4n) is 2.02. The van der Waals surface area contributed by atoms with Gasteiger partial charge in [-0.2, -0.15) is 0 Å². The van der Waals surface area contributed by atoms with Gasteiger partial charge >= 0.3 is 0 Å². The third kappa shape index (κ3) is 7.71. The molecule has 0 spiro atoms. The molecule has 0 aliphatic rings. The van der Waals surface area contributed by atoms with Crippen LogP contribution in [0.25, 0.3) is 0 Å². The van der Waals surface area contributed by atoms with Crippen LogP contribution in [0, 0.1) is 0 Å². The first-order valence-corrected chi connectivity index (χ1v) is 6.56. The molecule has 0 amide bonds. The van der Waals surface area contributed by atoms with E-state index in [9.17, 15) is 5.11 Å². The van der Waals surface area contributed by atoms with E-state index in [1.807, 2.05) is 34.6 Å². The minimum atomic E-state index is -0.264. The Labute approximate surface area is 106 Å². The Balaban J connectivity index is 4.01. The molecule has 4 nitrogen and oxygen atoms in total. The minimum absolute atomic E-state index is 0.0921. The van der Waals surface area contributed by atoms with E-state index in [1.54, 1.807) is 0 Å². The maximum absolute atomic E-state index is 9.40. The summed E-state index contributed by atoms with van der Waals surface area (Å²) in [4.78, 5) is 0. The number of aliphatic hydroxyl groups is 1. The lowest BCUT2D eigenvalue weighted by atomic mass is 9.95. The second-order valence-electron chi connectivity index (χ2n) is 4.87. The van der Waals surface area contributed by atoms with Crippen molar-refractivity contribution in [2.24, 2.45) is 0 Å². The third-order valence-electron chi connectivity index (χ3n) is 2.71. The molecule has 0 saturated carbocycles. The number of aliphatic hydroxyl groups excluding tert-OH is 1. The molecule has 0 aromatic rings. The Kier molecular flexibility index (Phi) is 8.78. The zero-order chi connectivity index (χ0) is 13.3. The second kappa shape index (κ2) is 8.86. The minimum Gasteiger partial charge on any atom is -0.394 e. The standard InChI is InChI=1S/C13H29NO3/c1-6-14-13(5,10-15)8-11(3)17-12(4)9-16-7-2/h11-12,14-15H,6-10H2,1-5H3. The highest BCUT2D eigenvalue weighted by molar-refractivity contribution is 4.84. The highest BCUT2D eigenvalue weighted by atomic mass is 16.5. The van der Waals surface area contributed by atoms with Gasteiger partial charge in [-0.05, 0) is 40.7 Å². The zero-order valence-corrected chi connectivity index (χ0v) is 12.0. The van der Waals surface area contributed by atoms with Crippen LogP contribution in [-0.4, -0.2) is 49.2 Å². The van der Waals surface area contributed by atoms with Crippen LogP contribution in [0.2, 0.25) is 0 Å². The lowest BCUT2D eigenvalue weighted by Gasteiger charge is -2.32. The van der Waals surface area contributed by atoms with Crippen LogP contribution < -0.4 is 5.32 Å². The highest BCUT2D eigenvalue weighted by Crippen LogP contribution is 2.15. The van der Waals surface area contributed by atoms with Crippen molar-refractivity contribution in [2.75, 3.05) is 26.4 Å². The van der Waals surface area contributed by atoms with E-state index in [0.717, 1.165) is 13.0 Å². The number of hydrogen-bond donors (Lipinski definition) is 2. The highest BCUT2D eigenvalue weighted by Gasteiger charge is 2.25. The van der Waals surface area contributed by atoms with Gasteiger partial charge in [0.2, 0.25) is 0 Å². The largest absolute Gasteiger partial charge is 0.394 e. The van der Waals surface area contributed by atoms with Crippen molar-refractivity contribution in [2.45, 2.75) is 58.8 Å². The van der Waals surface area contributed by atoms with Gasteiger partial charge in [-0.25, -0.2) is 0 Å². The summed E-state index contributed by atoms with van der Waals surface area (Å²) >= 11 is 0. The molecule has 4 heteroatoms. The Bertz CT molecular complexity index is 190. The van der Waals surface area contributed by atoms with Crippen molar-refractivity contribution in [3.8, 4) is 0 Å². The molecule has 0 rings (SSSR count). The van der Waals surface area contributed by atoms with Crippen molar-refractivity contribution in [1.29, 1.82) is 0 Å². The zero-order valence-electron chi connectivity index (χ0n) is 12.0. The number of hydrogen-bond acceptors (Lipinski definition) is 4. The van der Waals surface area contributed by atoms with Gasteiger partial charge in [-0.15, -0.1) is 0 Å². The van der Waals surface area contributed by atoms with Crippen LogP contribution in [0.15, 0.2) is 0 Å². The molecule has 0 saturated heterocycles. The summed E-state index contributed by atoms with van der Waals surface area (Å²) < 4.78 is 11.1. The predicted octanol–water partition coefficient (Wildman–Crippen LogP) is 1.57. The molecule has 0 aromatic carbocycles. The third-order valence-corrected chi connectivity index (χ3v) is 2.71. The molecule has 3 unspecified atom stereocenters. The Morgan fingerprint density at radius 1 is 1.24 bits per heavy atom. The summed E-state index contributed by atoms with van der Waals surface area (Å²) in [6, 6.07) is 0. The Morgan fingerprint density at radius 3 is 2.35 bits per heavy atom.